The number of hydrogen-bond acceptors (Lipinski definition) is 4. The Labute approximate surface area is 110 Å². The molecule has 0 N–H and O–H groups in total. The van der Waals surface area contributed by atoms with Crippen molar-refractivity contribution < 1.29 is 16.8 Å². The zero-order valence-electron chi connectivity index (χ0n) is 9.11. The van der Waals surface area contributed by atoms with Crippen LogP contribution in [0.5, 0.6) is 0 Å². The van der Waals surface area contributed by atoms with E-state index in [4.69, 9.17) is 9.95 Å². The molecule has 0 saturated heterocycles. The summed E-state index contributed by atoms with van der Waals surface area (Å²) in [6, 6.07) is 8.35. The molecule has 0 aliphatic carbocycles. The first-order valence-electron chi connectivity index (χ1n) is 4.35. The van der Waals surface area contributed by atoms with Gasteiger partial charge in [0, 0.05) is 0 Å². The maximum absolute atomic E-state index is 11.5. The van der Waals surface area contributed by atoms with E-state index >= 15 is 0 Å². The minimum absolute atomic E-state index is 0.434. The Bertz CT molecular complexity index is 555. The molecule has 0 bridgehead atoms. The van der Waals surface area contributed by atoms with E-state index in [1.165, 1.54) is 0 Å². The summed E-state index contributed by atoms with van der Waals surface area (Å²) in [5.74, 6) is 0. The Hall–Kier alpha value is -0.0716. The summed E-state index contributed by atoms with van der Waals surface area (Å²) in [5, 5.41) is 0. The second-order valence-electron chi connectivity index (χ2n) is 3.30. The van der Waals surface area contributed by atoms with Crippen LogP contribution in [0.4, 0.5) is 0 Å². The van der Waals surface area contributed by atoms with Crippen molar-refractivity contribution in [3.8, 4) is 0 Å². The fraction of sp³-hybridized carbons (Fsp3) is 0.250. The molecule has 1 rings (SSSR count). The summed E-state index contributed by atoms with van der Waals surface area (Å²) in [4.78, 5) is 0. The fourth-order valence-electron chi connectivity index (χ4n) is 1.15. The van der Waals surface area contributed by atoms with Gasteiger partial charge >= 0.3 is 111 Å². The summed E-state index contributed by atoms with van der Waals surface area (Å²) >= 11 is -2.87. The molecule has 0 aliphatic rings. The Morgan fingerprint density at radius 2 is 1.41 bits per heavy atom. The van der Waals surface area contributed by atoms with Crippen LogP contribution < -0.4 is 4.35 Å². The molecule has 1 aromatic carbocycles. The molecule has 0 fully saturated rings. The molecule has 0 spiro atoms. The van der Waals surface area contributed by atoms with Gasteiger partial charge in [0.25, 0.3) is 0 Å². The zero-order chi connectivity index (χ0) is 13.3. The molecule has 0 amide bonds. The van der Waals surface area contributed by atoms with Crippen LogP contribution >= 0.6 is 9.95 Å². The van der Waals surface area contributed by atoms with Gasteiger partial charge in [-0.25, -0.2) is 0 Å². The van der Waals surface area contributed by atoms with E-state index in [1.807, 2.05) is 0 Å². The first-order valence-corrected chi connectivity index (χ1v) is 12.3. The Morgan fingerprint density at radius 3 is 1.76 bits per heavy atom. The number of benzene rings is 1. The molecule has 1 unspecified atom stereocenters. The molecule has 0 aromatic heterocycles. The molecule has 0 saturated carbocycles. The Kier molecular flexibility index (Phi) is 4.66. The van der Waals surface area contributed by atoms with Gasteiger partial charge in [0.1, 0.15) is 0 Å². The van der Waals surface area contributed by atoms with Gasteiger partial charge in [0.05, 0.1) is 0 Å². The standard InChI is InChI=1S/C8H11AsClNO4S2/c1-16(12,13)11(17(2,14)15)9(10)8-6-4-3-5-7-8/h3-7H,1-2H3. The van der Waals surface area contributed by atoms with Crippen LogP contribution in [0.15, 0.2) is 30.3 Å². The van der Waals surface area contributed by atoms with E-state index in [-0.39, 0.29) is 0 Å². The maximum atomic E-state index is 11.5. The number of halogens is 1. The number of nitrogens with zero attached hydrogens (tertiary/aromatic N) is 1. The van der Waals surface area contributed by atoms with Crippen LogP contribution in [0.25, 0.3) is 0 Å². The summed E-state index contributed by atoms with van der Waals surface area (Å²) in [6.45, 7) is 0. The van der Waals surface area contributed by atoms with Crippen LogP contribution in [0.1, 0.15) is 0 Å². The van der Waals surface area contributed by atoms with E-state index in [0.29, 0.717) is 6.98 Å². The first kappa shape index (κ1) is 15.0. The van der Waals surface area contributed by atoms with Crippen molar-refractivity contribution in [2.75, 3.05) is 12.5 Å². The van der Waals surface area contributed by atoms with Crippen molar-refractivity contribution in [3.05, 3.63) is 30.3 Å². The zero-order valence-corrected chi connectivity index (χ0v) is 13.4. The molecule has 96 valence electrons. The molecule has 5 nitrogen and oxygen atoms in total. The van der Waals surface area contributed by atoms with Crippen LogP contribution in [-0.2, 0) is 20.0 Å². The van der Waals surface area contributed by atoms with E-state index in [9.17, 15) is 16.8 Å². The normalized spacial score (nSPS) is 14.8. The van der Waals surface area contributed by atoms with Crippen molar-refractivity contribution in [2.24, 2.45) is 0 Å². The molecule has 9 heteroatoms. The van der Waals surface area contributed by atoms with Gasteiger partial charge in [-0.3, -0.25) is 0 Å². The molecule has 17 heavy (non-hydrogen) atoms. The summed E-state index contributed by atoms with van der Waals surface area (Å²) in [6.07, 6.45) is 1.67. The molecule has 1 aromatic rings. The Morgan fingerprint density at radius 1 is 1.00 bits per heavy atom. The van der Waals surface area contributed by atoms with E-state index in [2.05, 4.69) is 0 Å². The average Bonchev–Trinajstić information content (AvgIpc) is 2.14. The molecule has 0 aliphatic heterocycles. The summed E-state index contributed by atoms with van der Waals surface area (Å²) < 4.78 is 46.9. The monoisotopic (exact) mass is 359 g/mol. The summed E-state index contributed by atoms with van der Waals surface area (Å²) in [5.41, 5.74) is 0. The van der Waals surface area contributed by atoms with Gasteiger partial charge in [-0.05, 0) is 0 Å². The van der Waals surface area contributed by atoms with Gasteiger partial charge in [-0.1, -0.05) is 0 Å². The fourth-order valence-corrected chi connectivity index (χ4v) is 13.3. The van der Waals surface area contributed by atoms with Gasteiger partial charge in [0.2, 0.25) is 0 Å². The van der Waals surface area contributed by atoms with Crippen molar-refractivity contribution in [2.45, 2.75) is 0 Å². The molecular weight excluding hydrogens is 349 g/mol. The van der Waals surface area contributed by atoms with Crippen molar-refractivity contribution in [1.82, 2.24) is 2.63 Å². The van der Waals surface area contributed by atoms with E-state index in [1.54, 1.807) is 30.3 Å². The predicted octanol–water partition coefficient (Wildman–Crippen LogP) is -0.158. The minimum atomic E-state index is -3.89. The topological polar surface area (TPSA) is 71.5 Å². The average molecular weight is 360 g/mol. The second kappa shape index (κ2) is 5.28. The SMILES string of the molecule is CS(=O)(=O)N([As](Cl)c1ccccc1)S(C)(=O)=O. The van der Waals surface area contributed by atoms with E-state index in [0.717, 1.165) is 12.5 Å². The molecule has 0 heterocycles. The van der Waals surface area contributed by atoms with Crippen LogP contribution in [0.3, 0.4) is 0 Å². The number of sulfonamides is 2. The Balaban J connectivity index is 3.28. The predicted molar refractivity (Wildman–Crippen MR) is 69.2 cm³/mol. The van der Waals surface area contributed by atoms with Gasteiger partial charge in [-0.15, -0.1) is 0 Å². The van der Waals surface area contributed by atoms with Crippen molar-refractivity contribution >= 4 is 48.3 Å². The van der Waals surface area contributed by atoms with Crippen LogP contribution in [0.2, 0.25) is 0 Å². The number of rotatable bonds is 4. The van der Waals surface area contributed by atoms with E-state index < -0.39 is 34.0 Å². The molecule has 1 atom stereocenters. The van der Waals surface area contributed by atoms with Gasteiger partial charge < -0.3 is 0 Å². The van der Waals surface area contributed by atoms with Crippen LogP contribution in [-0.4, -0.2) is 45.9 Å². The van der Waals surface area contributed by atoms with Gasteiger partial charge in [-0.2, -0.15) is 0 Å². The third-order valence-corrected chi connectivity index (χ3v) is 14.7. The van der Waals surface area contributed by atoms with Crippen molar-refractivity contribution in [1.29, 1.82) is 0 Å². The summed E-state index contributed by atoms with van der Waals surface area (Å²) in [7, 11) is -1.73. The number of hydrogen-bond donors (Lipinski definition) is 0. The third kappa shape index (κ3) is 3.96. The first-order chi connectivity index (χ1) is 7.64. The molecule has 0 radical (unpaired) electrons. The quantitative estimate of drug-likeness (QED) is 0.701. The van der Waals surface area contributed by atoms with Crippen molar-refractivity contribution in [3.63, 3.8) is 0 Å². The molecular formula is C8H11AsClNO4S2. The second-order valence-corrected chi connectivity index (χ2v) is 13.0. The third-order valence-electron chi connectivity index (χ3n) is 1.68. The van der Waals surface area contributed by atoms with Gasteiger partial charge in [0.15, 0.2) is 0 Å². The van der Waals surface area contributed by atoms with Crippen LogP contribution in [0, 0.1) is 0 Å².